The number of hydrogen-bond acceptors (Lipinski definition) is 5. The highest BCUT2D eigenvalue weighted by Gasteiger charge is 2.03. The maximum atomic E-state index is 11.1. The van der Waals surface area contributed by atoms with Crippen molar-refractivity contribution in [3.8, 4) is 5.75 Å². The standard InChI is InChI=1S/C10H10N2O3/c11-5-14-6-1-2-7-8(12)4-10(13)15-9(7)3-6/h1-4H,5,11-12H2. The molecule has 1 aromatic carbocycles. The van der Waals surface area contributed by atoms with Crippen molar-refractivity contribution in [3.63, 3.8) is 0 Å². The SMILES string of the molecule is NCOc1ccc2c(N)cc(=O)oc2c1. The van der Waals surface area contributed by atoms with E-state index in [0.717, 1.165) is 0 Å². The zero-order chi connectivity index (χ0) is 10.8. The molecule has 1 heterocycles. The van der Waals surface area contributed by atoms with Gasteiger partial charge in [-0.2, -0.15) is 0 Å². The second kappa shape index (κ2) is 3.62. The Hall–Kier alpha value is -2.01. The smallest absolute Gasteiger partial charge is 0.338 e. The van der Waals surface area contributed by atoms with Crippen LogP contribution in [0.5, 0.6) is 5.75 Å². The summed E-state index contributed by atoms with van der Waals surface area (Å²) in [6, 6.07) is 6.26. The number of fused-ring (bicyclic) bond motifs is 1. The molecule has 15 heavy (non-hydrogen) atoms. The summed E-state index contributed by atoms with van der Waals surface area (Å²) in [6.07, 6.45) is 0. The van der Waals surface area contributed by atoms with Gasteiger partial charge in [-0.15, -0.1) is 0 Å². The summed E-state index contributed by atoms with van der Waals surface area (Å²) < 4.78 is 10.0. The summed E-state index contributed by atoms with van der Waals surface area (Å²) in [5, 5.41) is 0.680. The Bertz CT molecular complexity index is 548. The average molecular weight is 206 g/mol. The Morgan fingerprint density at radius 1 is 1.33 bits per heavy atom. The summed E-state index contributed by atoms with van der Waals surface area (Å²) in [5.41, 5.74) is 11.2. The lowest BCUT2D eigenvalue weighted by atomic mass is 10.2. The van der Waals surface area contributed by atoms with Gasteiger partial charge < -0.3 is 14.9 Å². The Morgan fingerprint density at radius 3 is 2.87 bits per heavy atom. The van der Waals surface area contributed by atoms with Crippen LogP contribution < -0.4 is 21.8 Å². The number of ether oxygens (including phenoxy) is 1. The second-order valence-electron chi connectivity index (χ2n) is 2.99. The molecule has 1 aromatic heterocycles. The lowest BCUT2D eigenvalue weighted by molar-refractivity contribution is 0.329. The van der Waals surface area contributed by atoms with Gasteiger partial charge in [0.25, 0.3) is 0 Å². The molecule has 5 nitrogen and oxygen atoms in total. The molecule has 0 unspecified atom stereocenters. The average Bonchev–Trinajstić information content (AvgIpc) is 2.17. The number of benzene rings is 1. The van der Waals surface area contributed by atoms with E-state index in [1.807, 2.05) is 0 Å². The van der Waals surface area contributed by atoms with Gasteiger partial charge in [0.1, 0.15) is 18.1 Å². The van der Waals surface area contributed by atoms with E-state index in [2.05, 4.69) is 0 Å². The molecule has 5 heteroatoms. The Kier molecular flexibility index (Phi) is 2.31. The van der Waals surface area contributed by atoms with Gasteiger partial charge >= 0.3 is 5.63 Å². The van der Waals surface area contributed by atoms with E-state index < -0.39 is 5.63 Å². The van der Waals surface area contributed by atoms with Crippen molar-refractivity contribution >= 4 is 16.7 Å². The summed E-state index contributed by atoms with van der Waals surface area (Å²) >= 11 is 0. The van der Waals surface area contributed by atoms with Crippen molar-refractivity contribution in [1.29, 1.82) is 0 Å². The van der Waals surface area contributed by atoms with Gasteiger partial charge in [-0.05, 0) is 12.1 Å². The number of hydrogen-bond donors (Lipinski definition) is 2. The highest BCUT2D eigenvalue weighted by atomic mass is 16.5. The molecule has 0 aliphatic carbocycles. The largest absolute Gasteiger partial charge is 0.478 e. The van der Waals surface area contributed by atoms with Crippen molar-refractivity contribution < 1.29 is 9.15 Å². The molecular formula is C10H10N2O3. The lowest BCUT2D eigenvalue weighted by Gasteiger charge is -2.04. The summed E-state index contributed by atoms with van der Waals surface area (Å²) in [5.74, 6) is 0.541. The van der Waals surface area contributed by atoms with E-state index >= 15 is 0 Å². The first-order valence-electron chi connectivity index (χ1n) is 4.37. The van der Waals surface area contributed by atoms with E-state index in [-0.39, 0.29) is 6.73 Å². The van der Waals surface area contributed by atoms with Crippen LogP contribution in [0.1, 0.15) is 0 Å². The van der Waals surface area contributed by atoms with E-state index in [1.165, 1.54) is 6.07 Å². The van der Waals surface area contributed by atoms with Crippen LogP contribution >= 0.6 is 0 Å². The monoisotopic (exact) mass is 206 g/mol. The van der Waals surface area contributed by atoms with Crippen LogP contribution in [-0.4, -0.2) is 6.73 Å². The van der Waals surface area contributed by atoms with Crippen LogP contribution in [0, 0.1) is 0 Å². The number of nitrogen functional groups attached to an aromatic ring is 1. The highest BCUT2D eigenvalue weighted by Crippen LogP contribution is 2.23. The van der Waals surface area contributed by atoms with Gasteiger partial charge in [0.05, 0.1) is 0 Å². The van der Waals surface area contributed by atoms with Gasteiger partial charge in [0.15, 0.2) is 0 Å². The van der Waals surface area contributed by atoms with Crippen molar-refractivity contribution in [1.82, 2.24) is 0 Å². The molecule has 4 N–H and O–H groups in total. The highest BCUT2D eigenvalue weighted by molar-refractivity contribution is 5.89. The Balaban J connectivity index is 2.65. The molecule has 0 bridgehead atoms. The lowest BCUT2D eigenvalue weighted by Crippen LogP contribution is -2.07. The predicted molar refractivity (Wildman–Crippen MR) is 56.6 cm³/mol. The third kappa shape index (κ3) is 1.77. The molecule has 0 spiro atoms. The summed E-state index contributed by atoms with van der Waals surface area (Å²) in [4.78, 5) is 11.1. The topological polar surface area (TPSA) is 91.5 Å². The van der Waals surface area contributed by atoms with Gasteiger partial charge in [0.2, 0.25) is 0 Å². The fraction of sp³-hybridized carbons (Fsp3) is 0.100. The molecule has 0 amide bonds. The van der Waals surface area contributed by atoms with Crippen LogP contribution in [0.2, 0.25) is 0 Å². The number of anilines is 1. The fourth-order valence-electron chi connectivity index (χ4n) is 1.35. The van der Waals surface area contributed by atoms with Crippen LogP contribution in [0.25, 0.3) is 11.0 Å². The third-order valence-electron chi connectivity index (χ3n) is 2.00. The van der Waals surface area contributed by atoms with Gasteiger partial charge in [0, 0.05) is 23.2 Å². The minimum Gasteiger partial charge on any atom is -0.478 e. The van der Waals surface area contributed by atoms with Gasteiger partial charge in [-0.25, -0.2) is 4.79 Å². The van der Waals surface area contributed by atoms with Crippen LogP contribution in [0.15, 0.2) is 33.5 Å². The van der Waals surface area contributed by atoms with Crippen molar-refractivity contribution in [2.45, 2.75) is 0 Å². The number of nitrogens with two attached hydrogens (primary N) is 2. The zero-order valence-corrected chi connectivity index (χ0v) is 7.90. The molecule has 0 radical (unpaired) electrons. The quantitative estimate of drug-likeness (QED) is 0.556. The Labute approximate surface area is 85.2 Å². The summed E-state index contributed by atoms with van der Waals surface area (Å²) in [6.45, 7) is 0.0675. The minimum absolute atomic E-state index is 0.0675. The van der Waals surface area contributed by atoms with Crippen LogP contribution in [0.4, 0.5) is 5.69 Å². The van der Waals surface area contributed by atoms with E-state index in [1.54, 1.807) is 18.2 Å². The van der Waals surface area contributed by atoms with E-state index in [4.69, 9.17) is 20.6 Å². The zero-order valence-electron chi connectivity index (χ0n) is 7.90. The molecule has 0 aliphatic heterocycles. The van der Waals surface area contributed by atoms with E-state index in [9.17, 15) is 4.79 Å². The molecule has 0 atom stereocenters. The first-order valence-corrected chi connectivity index (χ1v) is 4.37. The third-order valence-corrected chi connectivity index (χ3v) is 2.00. The van der Waals surface area contributed by atoms with Crippen LogP contribution in [0.3, 0.4) is 0 Å². The molecule has 0 saturated heterocycles. The van der Waals surface area contributed by atoms with Crippen LogP contribution in [-0.2, 0) is 0 Å². The first-order chi connectivity index (χ1) is 7.20. The molecule has 2 rings (SSSR count). The minimum atomic E-state index is -0.482. The predicted octanol–water partition coefficient (Wildman–Crippen LogP) is 0.670. The number of rotatable bonds is 2. The molecule has 2 aromatic rings. The van der Waals surface area contributed by atoms with E-state index in [0.29, 0.717) is 22.4 Å². The molecule has 78 valence electrons. The van der Waals surface area contributed by atoms with Gasteiger partial charge in [-0.3, -0.25) is 5.73 Å². The van der Waals surface area contributed by atoms with Crippen molar-refractivity contribution in [3.05, 3.63) is 34.7 Å². The Morgan fingerprint density at radius 2 is 2.13 bits per heavy atom. The van der Waals surface area contributed by atoms with Crippen molar-refractivity contribution in [2.24, 2.45) is 5.73 Å². The molecule has 0 aliphatic rings. The van der Waals surface area contributed by atoms with Crippen molar-refractivity contribution in [2.75, 3.05) is 12.5 Å². The maximum Gasteiger partial charge on any atom is 0.338 e. The maximum absolute atomic E-state index is 11.1. The molecule has 0 fully saturated rings. The summed E-state index contributed by atoms with van der Waals surface area (Å²) in [7, 11) is 0. The first kappa shape index (κ1) is 9.54. The normalized spacial score (nSPS) is 10.5. The molecule has 0 saturated carbocycles. The molecular weight excluding hydrogens is 196 g/mol. The van der Waals surface area contributed by atoms with Gasteiger partial charge in [-0.1, -0.05) is 0 Å². The second-order valence-corrected chi connectivity index (χ2v) is 2.99. The fourth-order valence-corrected chi connectivity index (χ4v) is 1.35.